The number of rotatable bonds is 9. The van der Waals surface area contributed by atoms with Crippen LogP contribution >= 0.6 is 11.3 Å². The largest absolute Gasteiger partial charge is 0.490 e. The summed E-state index contributed by atoms with van der Waals surface area (Å²) in [4.78, 5) is 32.3. The maximum atomic E-state index is 14.0. The highest BCUT2D eigenvalue weighted by atomic mass is 32.1. The molecule has 0 saturated heterocycles. The molecule has 0 spiro atoms. The number of carbonyl (C=O) groups is 1. The van der Waals surface area contributed by atoms with E-state index in [0.29, 0.717) is 55.8 Å². The van der Waals surface area contributed by atoms with Crippen LogP contribution in [-0.2, 0) is 16.1 Å². The van der Waals surface area contributed by atoms with E-state index in [-0.39, 0.29) is 31.1 Å². The fourth-order valence-corrected chi connectivity index (χ4v) is 6.30. The van der Waals surface area contributed by atoms with Crippen LogP contribution in [0.15, 0.2) is 81.7 Å². The van der Waals surface area contributed by atoms with Gasteiger partial charge < -0.3 is 23.7 Å². The van der Waals surface area contributed by atoms with Gasteiger partial charge in [0, 0.05) is 5.56 Å². The fourth-order valence-electron chi connectivity index (χ4n) is 5.25. The van der Waals surface area contributed by atoms with E-state index in [1.807, 2.05) is 37.3 Å². The molecule has 1 aromatic heterocycles. The highest BCUT2D eigenvalue weighted by Crippen LogP contribution is 2.38. The van der Waals surface area contributed by atoms with Gasteiger partial charge in [-0.2, -0.15) is 5.26 Å². The molecule has 3 heterocycles. The van der Waals surface area contributed by atoms with Crippen LogP contribution in [0.5, 0.6) is 23.0 Å². The molecule has 0 N–H and O–H groups in total. The van der Waals surface area contributed by atoms with E-state index < -0.39 is 12.0 Å². The summed E-state index contributed by atoms with van der Waals surface area (Å²) in [5.74, 6) is 1.61. The summed E-state index contributed by atoms with van der Waals surface area (Å²) in [5, 5.41) is 9.41. The number of ether oxygens (including phenoxy) is 5. The van der Waals surface area contributed by atoms with Gasteiger partial charge in [0.15, 0.2) is 27.8 Å². The minimum Gasteiger partial charge on any atom is -0.490 e. The van der Waals surface area contributed by atoms with Crippen LogP contribution in [0.4, 0.5) is 0 Å². The molecule has 3 aromatic carbocycles. The number of aromatic nitrogens is 1. The average molecular weight is 624 g/mol. The van der Waals surface area contributed by atoms with Gasteiger partial charge in [0.25, 0.3) is 5.56 Å². The molecule has 1 atom stereocenters. The Morgan fingerprint density at radius 3 is 2.69 bits per heavy atom. The predicted molar refractivity (Wildman–Crippen MR) is 166 cm³/mol. The van der Waals surface area contributed by atoms with Crippen LogP contribution in [0.2, 0.25) is 0 Å². The van der Waals surface area contributed by atoms with E-state index in [1.165, 1.54) is 15.9 Å². The molecule has 228 valence electrons. The van der Waals surface area contributed by atoms with Crippen molar-refractivity contribution in [3.05, 3.63) is 114 Å². The van der Waals surface area contributed by atoms with Crippen molar-refractivity contribution < 1.29 is 28.5 Å². The Labute approximate surface area is 262 Å². The van der Waals surface area contributed by atoms with Crippen LogP contribution < -0.4 is 33.8 Å². The first-order valence-corrected chi connectivity index (χ1v) is 15.2. The average Bonchev–Trinajstić information content (AvgIpc) is 3.63. The van der Waals surface area contributed by atoms with Gasteiger partial charge in [-0.3, -0.25) is 9.36 Å². The number of benzene rings is 3. The van der Waals surface area contributed by atoms with Crippen molar-refractivity contribution in [2.75, 3.05) is 20.0 Å². The van der Waals surface area contributed by atoms with Gasteiger partial charge in [-0.05, 0) is 68.3 Å². The van der Waals surface area contributed by atoms with E-state index >= 15 is 0 Å². The zero-order chi connectivity index (χ0) is 31.5. The molecule has 0 radical (unpaired) electrons. The van der Waals surface area contributed by atoms with Gasteiger partial charge in [-0.15, -0.1) is 0 Å². The minimum atomic E-state index is -0.775. The third-order valence-corrected chi connectivity index (χ3v) is 8.30. The quantitative estimate of drug-likeness (QED) is 0.252. The zero-order valence-electron chi connectivity index (χ0n) is 24.9. The summed E-state index contributed by atoms with van der Waals surface area (Å²) in [6.45, 7) is 6.23. The SMILES string of the molecule is CCOC(=O)C1=C(C)N=c2s/c(=C/c3ccc(OCc4ccccc4C#N)c(OCC)c3)c(=O)n2[C@H]1c1ccc2c(c1)OCO2. The van der Waals surface area contributed by atoms with Crippen molar-refractivity contribution in [2.24, 2.45) is 4.99 Å². The van der Waals surface area contributed by atoms with Crippen LogP contribution in [0.1, 0.15) is 49.1 Å². The highest BCUT2D eigenvalue weighted by molar-refractivity contribution is 7.07. The number of fused-ring (bicyclic) bond motifs is 2. The van der Waals surface area contributed by atoms with Gasteiger partial charge in [-0.1, -0.05) is 41.7 Å². The molecule has 6 rings (SSSR count). The van der Waals surface area contributed by atoms with Crippen molar-refractivity contribution in [1.29, 1.82) is 5.26 Å². The van der Waals surface area contributed by atoms with Crippen molar-refractivity contribution in [2.45, 2.75) is 33.4 Å². The van der Waals surface area contributed by atoms with Gasteiger partial charge in [-0.25, -0.2) is 9.79 Å². The van der Waals surface area contributed by atoms with Crippen molar-refractivity contribution in [3.63, 3.8) is 0 Å². The second-order valence-corrected chi connectivity index (χ2v) is 11.1. The van der Waals surface area contributed by atoms with Gasteiger partial charge >= 0.3 is 5.97 Å². The lowest BCUT2D eigenvalue weighted by Gasteiger charge is -2.24. The second-order valence-electron chi connectivity index (χ2n) is 10.1. The topological polar surface area (TPSA) is 121 Å². The van der Waals surface area contributed by atoms with Gasteiger partial charge in [0.05, 0.1) is 46.7 Å². The number of hydrogen-bond donors (Lipinski definition) is 0. The molecule has 0 unspecified atom stereocenters. The first kappa shape index (κ1) is 29.7. The molecular weight excluding hydrogens is 594 g/mol. The lowest BCUT2D eigenvalue weighted by molar-refractivity contribution is -0.139. The summed E-state index contributed by atoms with van der Waals surface area (Å²) < 4.78 is 30.3. The molecule has 10 nitrogen and oxygen atoms in total. The standard InChI is InChI=1S/C34H29N3O7S/c1-4-40-27-14-21(10-12-25(27)42-18-24-9-7-6-8-23(24)17-35)15-29-32(38)37-31(22-11-13-26-28(16-22)44-19-43-26)30(33(39)41-5-2)20(3)36-34(37)45-29/h6-16,31H,4-5,18-19H2,1-3H3/b29-15+/t31-/m0/s1. The van der Waals surface area contributed by atoms with E-state index in [0.717, 1.165) is 11.1 Å². The number of thiazole rings is 1. The summed E-state index contributed by atoms with van der Waals surface area (Å²) in [6.07, 6.45) is 1.77. The molecule has 4 aromatic rings. The lowest BCUT2D eigenvalue weighted by atomic mass is 9.95. The number of carbonyl (C=O) groups excluding carboxylic acids is 1. The van der Waals surface area contributed by atoms with Crippen molar-refractivity contribution in [1.82, 2.24) is 4.57 Å². The molecule has 45 heavy (non-hydrogen) atoms. The number of allylic oxidation sites excluding steroid dienone is 1. The fraction of sp³-hybridized carbons (Fsp3) is 0.235. The van der Waals surface area contributed by atoms with Crippen LogP contribution in [0, 0.1) is 11.3 Å². The summed E-state index contributed by atoms with van der Waals surface area (Å²) >= 11 is 1.23. The Bertz CT molecular complexity index is 2050. The monoisotopic (exact) mass is 623 g/mol. The first-order chi connectivity index (χ1) is 21.9. The second kappa shape index (κ2) is 12.7. The Morgan fingerprint density at radius 2 is 1.89 bits per heavy atom. The van der Waals surface area contributed by atoms with Crippen LogP contribution in [0.25, 0.3) is 6.08 Å². The van der Waals surface area contributed by atoms with E-state index in [9.17, 15) is 14.9 Å². The molecule has 0 fully saturated rings. The Kier molecular flexibility index (Phi) is 8.40. The minimum absolute atomic E-state index is 0.0991. The highest BCUT2D eigenvalue weighted by Gasteiger charge is 2.34. The number of nitrogens with zero attached hydrogens (tertiary/aromatic N) is 3. The van der Waals surface area contributed by atoms with Crippen LogP contribution in [0.3, 0.4) is 0 Å². The lowest BCUT2D eigenvalue weighted by Crippen LogP contribution is -2.39. The Hall–Kier alpha value is -5.34. The third kappa shape index (κ3) is 5.80. The molecule has 0 amide bonds. The van der Waals surface area contributed by atoms with E-state index in [1.54, 1.807) is 50.3 Å². The summed E-state index contributed by atoms with van der Waals surface area (Å²) in [7, 11) is 0. The number of hydrogen-bond acceptors (Lipinski definition) is 10. The van der Waals surface area contributed by atoms with E-state index in [2.05, 4.69) is 11.1 Å². The maximum Gasteiger partial charge on any atom is 0.338 e. The molecule has 2 aliphatic heterocycles. The Balaban J connectivity index is 1.40. The number of nitriles is 1. The van der Waals surface area contributed by atoms with Crippen molar-refractivity contribution in [3.8, 4) is 29.1 Å². The third-order valence-electron chi connectivity index (χ3n) is 7.32. The molecule has 11 heteroatoms. The number of esters is 1. The molecule has 2 aliphatic rings. The molecular formula is C34H29N3O7S. The van der Waals surface area contributed by atoms with Crippen molar-refractivity contribution >= 4 is 23.4 Å². The molecule has 0 bridgehead atoms. The van der Waals surface area contributed by atoms with E-state index in [4.69, 9.17) is 23.7 Å². The van der Waals surface area contributed by atoms with Gasteiger partial charge in [0.1, 0.15) is 6.61 Å². The summed E-state index contributed by atoms with van der Waals surface area (Å²) in [5.41, 5.74) is 3.15. The molecule has 0 aliphatic carbocycles. The normalized spacial score (nSPS) is 15.2. The predicted octanol–water partition coefficient (Wildman–Crippen LogP) is 4.38. The van der Waals surface area contributed by atoms with Gasteiger partial charge in [0.2, 0.25) is 6.79 Å². The summed E-state index contributed by atoms with van der Waals surface area (Å²) in [6, 6.07) is 19.4. The smallest absolute Gasteiger partial charge is 0.338 e. The zero-order valence-corrected chi connectivity index (χ0v) is 25.7. The first-order valence-electron chi connectivity index (χ1n) is 14.4. The maximum absolute atomic E-state index is 14.0. The Morgan fingerprint density at radius 1 is 1.07 bits per heavy atom. The van der Waals surface area contributed by atoms with Crippen LogP contribution in [-0.4, -0.2) is 30.5 Å². The molecule has 0 saturated carbocycles.